The molecule has 19 heavy (non-hydrogen) atoms. The van der Waals surface area contributed by atoms with Gasteiger partial charge in [-0.15, -0.1) is 0 Å². The van der Waals surface area contributed by atoms with Gasteiger partial charge in [0, 0.05) is 30.4 Å². The number of nitrogens with one attached hydrogen (secondary N) is 2. The van der Waals surface area contributed by atoms with Gasteiger partial charge in [0.2, 0.25) is 0 Å². The minimum Gasteiger partial charge on any atom is -0.380 e. The van der Waals surface area contributed by atoms with E-state index in [1.807, 2.05) is 31.2 Å². The summed E-state index contributed by atoms with van der Waals surface area (Å²) in [5.41, 5.74) is 1.69. The van der Waals surface area contributed by atoms with Gasteiger partial charge in [0.15, 0.2) is 0 Å². The molecule has 1 heterocycles. The van der Waals surface area contributed by atoms with Crippen LogP contribution in [0.2, 0.25) is 0 Å². The average molecular weight is 262 g/mol. The van der Waals surface area contributed by atoms with E-state index < -0.39 is 0 Å². The molecule has 0 aromatic heterocycles. The van der Waals surface area contributed by atoms with E-state index in [4.69, 9.17) is 4.74 Å². The summed E-state index contributed by atoms with van der Waals surface area (Å²) in [5, 5.41) is 6.32. The Labute approximate surface area is 114 Å². The predicted octanol–water partition coefficient (Wildman–Crippen LogP) is 2.42. The van der Waals surface area contributed by atoms with Crippen molar-refractivity contribution in [2.75, 3.05) is 25.1 Å². The first kappa shape index (κ1) is 13.9. The average Bonchev–Trinajstić information content (AvgIpc) is 2.46. The number of carbonyl (C=O) groups excluding carboxylic acids is 1. The fourth-order valence-electron chi connectivity index (χ4n) is 2.18. The van der Waals surface area contributed by atoms with Crippen LogP contribution in [0, 0.1) is 0 Å². The molecule has 0 aliphatic carbocycles. The van der Waals surface area contributed by atoms with Gasteiger partial charge >= 0.3 is 0 Å². The summed E-state index contributed by atoms with van der Waals surface area (Å²) >= 11 is 0. The normalized spacial score (nSPS) is 18.9. The van der Waals surface area contributed by atoms with E-state index in [2.05, 4.69) is 10.6 Å². The standard InChI is InChI=1S/C15H22N2O2/c1-2-8-16-15(18)12-5-3-6-13(10-12)17-14-7-4-9-19-11-14/h3,5-6,10,14,17H,2,4,7-9,11H2,1H3,(H,16,18). The molecule has 1 atom stereocenters. The zero-order chi connectivity index (χ0) is 13.5. The highest BCUT2D eigenvalue weighted by Crippen LogP contribution is 2.16. The molecule has 4 heteroatoms. The van der Waals surface area contributed by atoms with Crippen LogP contribution in [0.3, 0.4) is 0 Å². The molecule has 104 valence electrons. The minimum absolute atomic E-state index is 0.00889. The van der Waals surface area contributed by atoms with Crippen molar-refractivity contribution in [1.29, 1.82) is 0 Å². The van der Waals surface area contributed by atoms with Gasteiger partial charge in [0.1, 0.15) is 0 Å². The van der Waals surface area contributed by atoms with Crippen LogP contribution < -0.4 is 10.6 Å². The topological polar surface area (TPSA) is 50.4 Å². The lowest BCUT2D eigenvalue weighted by molar-refractivity contribution is 0.0876. The first-order chi connectivity index (χ1) is 9.29. The lowest BCUT2D eigenvalue weighted by atomic mass is 10.1. The second kappa shape index (κ2) is 7.14. The molecule has 0 saturated carbocycles. The third-order valence-corrected chi connectivity index (χ3v) is 3.19. The van der Waals surface area contributed by atoms with Gasteiger partial charge in [-0.05, 0) is 37.5 Å². The van der Waals surface area contributed by atoms with Gasteiger partial charge in [-0.3, -0.25) is 4.79 Å². The second-order valence-corrected chi connectivity index (χ2v) is 4.90. The van der Waals surface area contributed by atoms with Crippen LogP contribution in [0.15, 0.2) is 24.3 Å². The lowest BCUT2D eigenvalue weighted by Gasteiger charge is -2.24. The fraction of sp³-hybridized carbons (Fsp3) is 0.533. The van der Waals surface area contributed by atoms with Crippen molar-refractivity contribution in [2.24, 2.45) is 0 Å². The zero-order valence-corrected chi connectivity index (χ0v) is 11.4. The molecule has 0 radical (unpaired) electrons. The Morgan fingerprint density at radius 3 is 3.11 bits per heavy atom. The Kier molecular flexibility index (Phi) is 5.21. The molecular formula is C15H22N2O2. The van der Waals surface area contributed by atoms with Crippen LogP contribution in [0.5, 0.6) is 0 Å². The molecule has 2 rings (SSSR count). The van der Waals surface area contributed by atoms with Crippen molar-refractivity contribution in [3.8, 4) is 0 Å². The van der Waals surface area contributed by atoms with Gasteiger partial charge in [0.05, 0.1) is 6.61 Å². The lowest BCUT2D eigenvalue weighted by Crippen LogP contribution is -2.30. The monoisotopic (exact) mass is 262 g/mol. The van der Waals surface area contributed by atoms with Gasteiger partial charge in [-0.25, -0.2) is 0 Å². The molecular weight excluding hydrogens is 240 g/mol. The van der Waals surface area contributed by atoms with Crippen LogP contribution in [0.4, 0.5) is 5.69 Å². The van der Waals surface area contributed by atoms with Crippen LogP contribution >= 0.6 is 0 Å². The van der Waals surface area contributed by atoms with Crippen molar-refractivity contribution in [3.05, 3.63) is 29.8 Å². The highest BCUT2D eigenvalue weighted by molar-refractivity contribution is 5.95. The Bertz CT molecular complexity index is 414. The highest BCUT2D eigenvalue weighted by Gasteiger charge is 2.14. The van der Waals surface area contributed by atoms with Crippen LogP contribution in [-0.2, 0) is 4.74 Å². The maximum absolute atomic E-state index is 11.9. The molecule has 1 aromatic carbocycles. The maximum atomic E-state index is 11.9. The third-order valence-electron chi connectivity index (χ3n) is 3.19. The molecule has 0 bridgehead atoms. The third kappa shape index (κ3) is 4.24. The molecule has 4 nitrogen and oxygen atoms in total. The molecule has 1 aliphatic heterocycles. The summed E-state index contributed by atoms with van der Waals surface area (Å²) in [6.07, 6.45) is 3.16. The van der Waals surface area contributed by atoms with E-state index >= 15 is 0 Å². The summed E-state index contributed by atoms with van der Waals surface area (Å²) in [6.45, 7) is 4.36. The molecule has 2 N–H and O–H groups in total. The number of carbonyl (C=O) groups is 1. The molecule has 1 unspecified atom stereocenters. The molecule has 1 saturated heterocycles. The molecule has 1 aliphatic rings. The summed E-state index contributed by atoms with van der Waals surface area (Å²) in [4.78, 5) is 11.9. The highest BCUT2D eigenvalue weighted by atomic mass is 16.5. The number of rotatable bonds is 5. The van der Waals surface area contributed by atoms with Crippen LogP contribution in [-0.4, -0.2) is 31.7 Å². The van der Waals surface area contributed by atoms with E-state index in [0.29, 0.717) is 18.2 Å². The summed E-state index contributed by atoms with van der Waals surface area (Å²) in [7, 11) is 0. The predicted molar refractivity (Wildman–Crippen MR) is 76.5 cm³/mol. The molecule has 1 fully saturated rings. The molecule has 0 spiro atoms. The van der Waals surface area contributed by atoms with Crippen LogP contribution in [0.25, 0.3) is 0 Å². The van der Waals surface area contributed by atoms with E-state index in [1.165, 1.54) is 0 Å². The van der Waals surface area contributed by atoms with Crippen LogP contribution in [0.1, 0.15) is 36.5 Å². The number of ether oxygens (including phenoxy) is 1. The van der Waals surface area contributed by atoms with Crippen molar-refractivity contribution >= 4 is 11.6 Å². The van der Waals surface area contributed by atoms with E-state index in [1.54, 1.807) is 0 Å². The second-order valence-electron chi connectivity index (χ2n) is 4.90. The fourth-order valence-corrected chi connectivity index (χ4v) is 2.18. The number of anilines is 1. The first-order valence-corrected chi connectivity index (χ1v) is 7.02. The molecule has 1 aromatic rings. The number of amides is 1. The summed E-state index contributed by atoms with van der Waals surface area (Å²) < 4.78 is 5.44. The van der Waals surface area contributed by atoms with Crippen molar-refractivity contribution in [2.45, 2.75) is 32.2 Å². The minimum atomic E-state index is -0.00889. The maximum Gasteiger partial charge on any atom is 0.251 e. The molecule has 1 amide bonds. The van der Waals surface area contributed by atoms with E-state index in [-0.39, 0.29) is 5.91 Å². The van der Waals surface area contributed by atoms with E-state index in [9.17, 15) is 4.79 Å². The number of benzene rings is 1. The SMILES string of the molecule is CCCNC(=O)c1cccc(NC2CCCOC2)c1. The number of hydrogen-bond donors (Lipinski definition) is 2. The van der Waals surface area contributed by atoms with Crippen molar-refractivity contribution < 1.29 is 9.53 Å². The van der Waals surface area contributed by atoms with E-state index in [0.717, 1.165) is 38.2 Å². The first-order valence-electron chi connectivity index (χ1n) is 7.02. The summed E-state index contributed by atoms with van der Waals surface area (Å²) in [5.74, 6) is -0.00889. The Morgan fingerprint density at radius 2 is 2.37 bits per heavy atom. The van der Waals surface area contributed by atoms with Gasteiger partial charge < -0.3 is 15.4 Å². The van der Waals surface area contributed by atoms with Gasteiger partial charge in [-0.2, -0.15) is 0 Å². The van der Waals surface area contributed by atoms with Crippen molar-refractivity contribution in [3.63, 3.8) is 0 Å². The zero-order valence-electron chi connectivity index (χ0n) is 11.4. The Hall–Kier alpha value is -1.55. The number of hydrogen-bond acceptors (Lipinski definition) is 3. The summed E-state index contributed by atoms with van der Waals surface area (Å²) in [6, 6.07) is 7.99. The van der Waals surface area contributed by atoms with Gasteiger partial charge in [-0.1, -0.05) is 13.0 Å². The van der Waals surface area contributed by atoms with Gasteiger partial charge in [0.25, 0.3) is 5.91 Å². The Morgan fingerprint density at radius 1 is 1.47 bits per heavy atom. The largest absolute Gasteiger partial charge is 0.380 e. The smallest absolute Gasteiger partial charge is 0.251 e. The quantitative estimate of drug-likeness (QED) is 0.857. The Balaban J connectivity index is 1.95. The van der Waals surface area contributed by atoms with Crippen molar-refractivity contribution in [1.82, 2.24) is 5.32 Å².